The fourth-order valence-electron chi connectivity index (χ4n) is 1.54. The monoisotopic (exact) mass is 294 g/mol. The van der Waals surface area contributed by atoms with Crippen molar-refractivity contribution in [3.05, 3.63) is 58.6 Å². The van der Waals surface area contributed by atoms with E-state index >= 15 is 0 Å². The largest absolute Gasteiger partial charge is 0.356 e. The van der Waals surface area contributed by atoms with Gasteiger partial charge in [-0.1, -0.05) is 0 Å². The number of benzene rings is 2. The van der Waals surface area contributed by atoms with Gasteiger partial charge in [0.25, 0.3) is 15.8 Å². The lowest BCUT2D eigenvalue weighted by atomic mass is 10.2. The molecule has 0 bridgehead atoms. The number of anilines is 2. The lowest BCUT2D eigenvalue weighted by molar-refractivity contribution is -0.384. The van der Waals surface area contributed by atoms with Crippen LogP contribution in [0.1, 0.15) is 0 Å². The van der Waals surface area contributed by atoms with Crippen LogP contribution in [-0.4, -0.2) is 17.9 Å². The van der Waals surface area contributed by atoms with Crippen LogP contribution < -0.4 is 5.32 Å². The molecule has 0 saturated heterocycles. The molecule has 0 radical (unpaired) electrons. The van der Waals surface area contributed by atoms with Crippen molar-refractivity contribution in [1.82, 2.24) is 0 Å². The van der Waals surface area contributed by atoms with Gasteiger partial charge in [-0.25, -0.2) is 0 Å². The smallest absolute Gasteiger partial charge is 0.294 e. The van der Waals surface area contributed by atoms with Gasteiger partial charge in [-0.3, -0.25) is 14.7 Å². The van der Waals surface area contributed by atoms with Crippen molar-refractivity contribution in [3.8, 4) is 0 Å². The maximum atomic E-state index is 10.9. The van der Waals surface area contributed by atoms with Gasteiger partial charge in [0, 0.05) is 23.5 Å². The molecule has 0 aliphatic rings. The summed E-state index contributed by atoms with van der Waals surface area (Å²) in [6, 6.07) is 11.2. The maximum Gasteiger partial charge on any atom is 0.294 e. The Kier molecular flexibility index (Phi) is 3.68. The third-order valence-electron chi connectivity index (χ3n) is 2.52. The van der Waals surface area contributed by atoms with Crippen LogP contribution >= 0.6 is 0 Å². The lowest BCUT2D eigenvalue weighted by Gasteiger charge is -2.06. The van der Waals surface area contributed by atoms with Crippen molar-refractivity contribution >= 4 is 27.2 Å². The van der Waals surface area contributed by atoms with Crippen LogP contribution in [0.15, 0.2) is 53.4 Å². The number of nitrogens with zero attached hydrogens (tertiary/aromatic N) is 1. The van der Waals surface area contributed by atoms with Crippen LogP contribution in [0.4, 0.5) is 17.1 Å². The van der Waals surface area contributed by atoms with Gasteiger partial charge < -0.3 is 5.32 Å². The van der Waals surface area contributed by atoms with Gasteiger partial charge in [0.15, 0.2) is 0 Å². The second-order valence-corrected chi connectivity index (χ2v) is 5.35. The van der Waals surface area contributed by atoms with Crippen LogP contribution in [0.2, 0.25) is 0 Å². The molecule has 0 saturated carbocycles. The predicted octanol–water partition coefficient (Wildman–Crippen LogP) is 2.59. The van der Waals surface area contributed by atoms with E-state index in [1.807, 2.05) is 0 Å². The number of non-ortho nitro benzene ring substituents is 1. The first kappa shape index (κ1) is 14.0. The van der Waals surface area contributed by atoms with E-state index in [2.05, 4.69) is 5.32 Å². The van der Waals surface area contributed by atoms with Gasteiger partial charge in [-0.2, -0.15) is 8.42 Å². The van der Waals surface area contributed by atoms with Crippen LogP contribution in [0.5, 0.6) is 0 Å². The van der Waals surface area contributed by atoms with Gasteiger partial charge in [0.2, 0.25) is 0 Å². The Labute approximate surface area is 114 Å². The second-order valence-electron chi connectivity index (χ2n) is 3.93. The molecule has 0 aliphatic carbocycles. The molecule has 0 heterocycles. The highest BCUT2D eigenvalue weighted by atomic mass is 32.2. The van der Waals surface area contributed by atoms with Gasteiger partial charge in [-0.15, -0.1) is 0 Å². The average Bonchev–Trinajstić information content (AvgIpc) is 2.39. The lowest BCUT2D eigenvalue weighted by Crippen LogP contribution is -1.98. The summed E-state index contributed by atoms with van der Waals surface area (Å²) in [5.74, 6) is 0. The number of rotatable bonds is 4. The van der Waals surface area contributed by atoms with Crippen molar-refractivity contribution in [2.75, 3.05) is 5.32 Å². The van der Waals surface area contributed by atoms with Crippen LogP contribution in [0.25, 0.3) is 0 Å². The van der Waals surface area contributed by atoms with Crippen LogP contribution in [0.3, 0.4) is 0 Å². The molecule has 20 heavy (non-hydrogen) atoms. The molecule has 0 aromatic heterocycles. The van der Waals surface area contributed by atoms with E-state index in [-0.39, 0.29) is 10.6 Å². The minimum absolute atomic E-state index is 0.0164. The van der Waals surface area contributed by atoms with Gasteiger partial charge in [0.1, 0.15) is 0 Å². The Morgan fingerprint density at radius 2 is 1.40 bits per heavy atom. The summed E-state index contributed by atoms with van der Waals surface area (Å²) in [5, 5.41) is 13.5. The van der Waals surface area contributed by atoms with E-state index < -0.39 is 15.0 Å². The molecule has 0 amide bonds. The summed E-state index contributed by atoms with van der Waals surface area (Å²) in [7, 11) is -4.21. The molecule has 0 aliphatic heterocycles. The Bertz CT molecular complexity index is 723. The Morgan fingerprint density at radius 1 is 0.950 bits per heavy atom. The molecule has 2 aromatic rings. The minimum Gasteiger partial charge on any atom is -0.356 e. The zero-order valence-corrected chi connectivity index (χ0v) is 10.9. The molecule has 7 nitrogen and oxygen atoms in total. The summed E-state index contributed by atoms with van der Waals surface area (Å²) in [6.45, 7) is 0. The Balaban J connectivity index is 2.16. The SMILES string of the molecule is O=[N+]([O-])c1ccc(Nc2ccc(S(=O)(=O)O)cc2)cc1. The van der Waals surface area contributed by atoms with E-state index in [1.54, 1.807) is 0 Å². The Hall–Kier alpha value is -2.45. The van der Waals surface area contributed by atoms with Crippen molar-refractivity contribution in [1.29, 1.82) is 0 Å². The number of nitrogens with one attached hydrogen (secondary N) is 1. The molecule has 2 rings (SSSR count). The molecule has 0 spiro atoms. The van der Waals surface area contributed by atoms with E-state index in [9.17, 15) is 18.5 Å². The van der Waals surface area contributed by atoms with E-state index in [1.165, 1.54) is 48.5 Å². The van der Waals surface area contributed by atoms with Crippen molar-refractivity contribution in [2.45, 2.75) is 4.90 Å². The first-order chi connectivity index (χ1) is 9.36. The third kappa shape index (κ3) is 3.31. The van der Waals surface area contributed by atoms with Crippen LogP contribution in [-0.2, 0) is 10.1 Å². The number of nitro groups is 1. The third-order valence-corrected chi connectivity index (χ3v) is 3.39. The number of nitro benzene ring substituents is 1. The molecular weight excluding hydrogens is 284 g/mol. The molecular formula is C12H10N2O5S. The summed E-state index contributed by atoms with van der Waals surface area (Å²) in [6.07, 6.45) is 0. The van der Waals surface area contributed by atoms with E-state index in [0.717, 1.165) is 0 Å². The Morgan fingerprint density at radius 3 is 1.80 bits per heavy atom. The summed E-state index contributed by atoms with van der Waals surface area (Å²) in [5.41, 5.74) is 1.19. The first-order valence-corrected chi connectivity index (χ1v) is 6.89. The van der Waals surface area contributed by atoms with Crippen molar-refractivity contribution in [2.24, 2.45) is 0 Å². The average molecular weight is 294 g/mol. The summed E-state index contributed by atoms with van der Waals surface area (Å²) in [4.78, 5) is 9.81. The topological polar surface area (TPSA) is 110 Å². The quantitative estimate of drug-likeness (QED) is 0.509. The highest BCUT2D eigenvalue weighted by molar-refractivity contribution is 7.85. The highest BCUT2D eigenvalue weighted by Gasteiger charge is 2.08. The van der Waals surface area contributed by atoms with E-state index in [0.29, 0.717) is 11.4 Å². The van der Waals surface area contributed by atoms with Gasteiger partial charge in [0.05, 0.1) is 9.82 Å². The fraction of sp³-hybridized carbons (Fsp3) is 0. The van der Waals surface area contributed by atoms with Gasteiger partial charge >= 0.3 is 0 Å². The number of hydrogen-bond donors (Lipinski definition) is 2. The molecule has 0 atom stereocenters. The molecule has 2 aromatic carbocycles. The molecule has 0 unspecified atom stereocenters. The highest BCUT2D eigenvalue weighted by Crippen LogP contribution is 2.21. The zero-order chi connectivity index (χ0) is 14.8. The summed E-state index contributed by atoms with van der Waals surface area (Å²) >= 11 is 0. The van der Waals surface area contributed by atoms with Gasteiger partial charge in [-0.05, 0) is 36.4 Å². The standard InChI is InChI=1S/C12H10N2O5S/c15-14(16)11-5-1-9(2-6-11)13-10-3-7-12(8-4-10)20(17,18)19/h1-8,13H,(H,17,18,19). The summed E-state index contributed by atoms with van der Waals surface area (Å²) < 4.78 is 30.6. The normalized spacial score (nSPS) is 11.1. The number of hydrogen-bond acceptors (Lipinski definition) is 5. The first-order valence-electron chi connectivity index (χ1n) is 5.45. The van der Waals surface area contributed by atoms with Crippen molar-refractivity contribution < 1.29 is 17.9 Å². The van der Waals surface area contributed by atoms with E-state index in [4.69, 9.17) is 4.55 Å². The van der Waals surface area contributed by atoms with Crippen molar-refractivity contribution in [3.63, 3.8) is 0 Å². The molecule has 0 fully saturated rings. The van der Waals surface area contributed by atoms with Crippen LogP contribution in [0, 0.1) is 10.1 Å². The molecule has 2 N–H and O–H groups in total. The molecule has 104 valence electrons. The molecule has 8 heteroatoms. The minimum atomic E-state index is -4.21. The zero-order valence-electron chi connectivity index (χ0n) is 10.1. The second kappa shape index (κ2) is 5.27. The predicted molar refractivity (Wildman–Crippen MR) is 72.6 cm³/mol. The maximum absolute atomic E-state index is 10.9. The fourth-order valence-corrected chi connectivity index (χ4v) is 2.02.